The maximum atomic E-state index is 5.84. The lowest BCUT2D eigenvalue weighted by molar-refractivity contribution is -0.602. The van der Waals surface area contributed by atoms with E-state index in [4.69, 9.17) is 9.73 Å². The fraction of sp³-hybridized carbons (Fsp3) is 0.947. The highest BCUT2D eigenvalue weighted by molar-refractivity contribution is 5.35. The number of likely N-dealkylation sites (N-methyl/N-ethyl adjacent to an activating group) is 1. The molecule has 0 aromatic carbocycles. The van der Waals surface area contributed by atoms with Gasteiger partial charge in [-0.3, -0.25) is 4.90 Å². The first-order chi connectivity index (χ1) is 11.4. The van der Waals surface area contributed by atoms with E-state index in [2.05, 4.69) is 22.4 Å². The molecule has 1 saturated heterocycles. The summed E-state index contributed by atoms with van der Waals surface area (Å²) in [5, 5.41) is 0. The smallest absolute Gasteiger partial charge is 0.309 e. The van der Waals surface area contributed by atoms with Gasteiger partial charge in [0.15, 0.2) is 0 Å². The van der Waals surface area contributed by atoms with Gasteiger partial charge in [-0.1, -0.05) is 19.8 Å². The van der Waals surface area contributed by atoms with Crippen LogP contribution in [0.5, 0.6) is 0 Å². The van der Waals surface area contributed by atoms with Gasteiger partial charge in [-0.05, 0) is 62.9 Å². The lowest BCUT2D eigenvalue weighted by Gasteiger charge is -2.29. The highest BCUT2D eigenvalue weighted by atomic mass is 16.5. The molecule has 1 unspecified atom stereocenters. The van der Waals surface area contributed by atoms with Crippen molar-refractivity contribution in [2.24, 2.45) is 4.99 Å². The van der Waals surface area contributed by atoms with Gasteiger partial charge >= 0.3 is 6.01 Å². The molecule has 3 rings (SSSR count). The Bertz CT molecular complexity index is 398. The van der Waals surface area contributed by atoms with Gasteiger partial charge in [-0.2, -0.15) is 0 Å². The van der Waals surface area contributed by atoms with E-state index in [0.717, 1.165) is 26.2 Å². The van der Waals surface area contributed by atoms with E-state index in [1.54, 1.807) is 0 Å². The maximum Gasteiger partial charge on any atom is 0.309 e. The van der Waals surface area contributed by atoms with Crippen molar-refractivity contribution < 1.29 is 9.31 Å². The molecule has 1 heterocycles. The molecule has 3 fully saturated rings. The Labute approximate surface area is 141 Å². The Hall–Kier alpha value is -0.700. The predicted molar refractivity (Wildman–Crippen MR) is 93.3 cm³/mol. The van der Waals surface area contributed by atoms with E-state index in [-0.39, 0.29) is 6.23 Å². The molecule has 0 aromatic rings. The van der Waals surface area contributed by atoms with Crippen LogP contribution in [0.25, 0.3) is 0 Å². The third-order valence-corrected chi connectivity index (χ3v) is 5.83. The van der Waals surface area contributed by atoms with Crippen molar-refractivity contribution in [3.63, 3.8) is 0 Å². The summed E-state index contributed by atoms with van der Waals surface area (Å²) < 4.78 is 8.36. The summed E-state index contributed by atoms with van der Waals surface area (Å²) in [6.45, 7) is 6.07. The van der Waals surface area contributed by atoms with E-state index >= 15 is 0 Å². The van der Waals surface area contributed by atoms with Crippen molar-refractivity contribution in [1.29, 1.82) is 0 Å². The summed E-state index contributed by atoms with van der Waals surface area (Å²) in [5.41, 5.74) is 0. The molecule has 2 aliphatic carbocycles. The molecule has 0 spiro atoms. The molecule has 23 heavy (non-hydrogen) atoms. The first-order valence-corrected chi connectivity index (χ1v) is 9.94. The number of rotatable bonds is 4. The normalized spacial score (nSPS) is 28.3. The van der Waals surface area contributed by atoms with Gasteiger partial charge in [0.05, 0.1) is 13.2 Å². The van der Waals surface area contributed by atoms with Crippen molar-refractivity contribution in [3.8, 4) is 0 Å². The van der Waals surface area contributed by atoms with Crippen LogP contribution >= 0.6 is 0 Å². The fourth-order valence-electron chi connectivity index (χ4n) is 4.36. The lowest BCUT2D eigenvalue weighted by Crippen LogP contribution is -2.42. The zero-order valence-electron chi connectivity index (χ0n) is 14.9. The molecule has 0 N–H and O–H groups in total. The number of hydrogen-bond donors (Lipinski definition) is 0. The van der Waals surface area contributed by atoms with Crippen molar-refractivity contribution in [3.05, 3.63) is 0 Å². The first kappa shape index (κ1) is 17.1. The molecule has 0 radical (unpaired) electrons. The second kappa shape index (κ2) is 8.96. The van der Waals surface area contributed by atoms with Gasteiger partial charge in [0.2, 0.25) is 0 Å². The fourth-order valence-corrected chi connectivity index (χ4v) is 4.36. The molecule has 1 atom stereocenters. The monoisotopic (exact) mass is 320 g/mol. The summed E-state index contributed by atoms with van der Waals surface area (Å²) in [5.74, 6) is 0. The van der Waals surface area contributed by atoms with Gasteiger partial charge in [0.1, 0.15) is 12.1 Å². The minimum Gasteiger partial charge on any atom is -0.334 e. The van der Waals surface area contributed by atoms with Crippen molar-refractivity contribution in [2.75, 3.05) is 26.2 Å². The average Bonchev–Trinajstić information content (AvgIpc) is 2.64. The average molecular weight is 321 g/mol. The number of ether oxygens (including phenoxy) is 1. The van der Waals surface area contributed by atoms with E-state index < -0.39 is 0 Å². The first-order valence-electron chi connectivity index (χ1n) is 9.94. The molecular formula is C19H34N3O+. The van der Waals surface area contributed by atoms with E-state index in [9.17, 15) is 0 Å². The van der Waals surface area contributed by atoms with Crippen LogP contribution in [-0.2, 0) is 4.74 Å². The maximum absolute atomic E-state index is 5.84. The van der Waals surface area contributed by atoms with Crippen LogP contribution in [-0.4, -0.2) is 60.0 Å². The molecule has 0 aromatic heterocycles. The predicted octanol–water partition coefficient (Wildman–Crippen LogP) is 3.52. The number of morpholine rings is 1. The summed E-state index contributed by atoms with van der Waals surface area (Å²) in [6.07, 6.45) is 13.6. The summed E-state index contributed by atoms with van der Waals surface area (Å²) in [4.78, 5) is 7.17. The summed E-state index contributed by atoms with van der Waals surface area (Å²) in [7, 11) is 0. The van der Waals surface area contributed by atoms with Crippen LogP contribution in [0.1, 0.15) is 71.1 Å². The van der Waals surface area contributed by atoms with Crippen LogP contribution in [0.2, 0.25) is 0 Å². The Morgan fingerprint density at radius 3 is 2.17 bits per heavy atom. The molecule has 4 heteroatoms. The van der Waals surface area contributed by atoms with Gasteiger partial charge in [-0.25, -0.2) is 4.58 Å². The van der Waals surface area contributed by atoms with Gasteiger partial charge in [-0.15, -0.1) is 0 Å². The summed E-state index contributed by atoms with van der Waals surface area (Å²) in [6, 6.07) is 4.82. The lowest BCUT2D eigenvalue weighted by atomic mass is 9.90. The standard InChI is InChI=1S/C19H34N3O/c1-2-21-13-14-23-19(15-21)20-16-22(17-9-5-3-6-10-17)18-11-7-4-8-12-18/h17-19H,2-15H2,1H3/q+1. The van der Waals surface area contributed by atoms with Gasteiger partial charge in [0, 0.05) is 6.54 Å². The number of aliphatic imine (C=N–C) groups is 1. The largest absolute Gasteiger partial charge is 0.334 e. The minimum absolute atomic E-state index is 0.0154. The zero-order valence-corrected chi connectivity index (χ0v) is 14.9. The third-order valence-electron chi connectivity index (χ3n) is 5.83. The molecule has 130 valence electrons. The number of hydrogen-bond acceptors (Lipinski definition) is 3. The van der Waals surface area contributed by atoms with Crippen LogP contribution in [0, 0.1) is 0 Å². The molecule has 0 bridgehead atoms. The minimum atomic E-state index is -0.0154. The Morgan fingerprint density at radius 1 is 1.00 bits per heavy atom. The third kappa shape index (κ3) is 4.89. The SMILES string of the molecule is CCN1CCOC(N=C=[N+](C2CCCCC2)C2CCCCC2)C1. The van der Waals surface area contributed by atoms with Crippen LogP contribution in [0.4, 0.5) is 0 Å². The van der Waals surface area contributed by atoms with Crippen LogP contribution in [0.3, 0.4) is 0 Å². The second-order valence-corrected chi connectivity index (χ2v) is 7.44. The Balaban J connectivity index is 1.73. The van der Waals surface area contributed by atoms with Crippen molar-refractivity contribution in [2.45, 2.75) is 89.4 Å². The topological polar surface area (TPSA) is 27.8 Å². The van der Waals surface area contributed by atoms with Gasteiger partial charge in [0.25, 0.3) is 6.23 Å². The quantitative estimate of drug-likeness (QED) is 0.585. The molecule has 4 nitrogen and oxygen atoms in total. The Morgan fingerprint density at radius 2 is 1.61 bits per heavy atom. The Kier molecular flexibility index (Phi) is 6.67. The molecule has 3 aliphatic rings. The number of nitrogens with zero attached hydrogens (tertiary/aromatic N) is 3. The van der Waals surface area contributed by atoms with Crippen molar-refractivity contribution in [1.82, 2.24) is 4.90 Å². The van der Waals surface area contributed by atoms with Crippen LogP contribution < -0.4 is 0 Å². The van der Waals surface area contributed by atoms with Gasteiger partial charge < -0.3 is 4.74 Å². The highest BCUT2D eigenvalue weighted by Crippen LogP contribution is 2.26. The van der Waals surface area contributed by atoms with Crippen molar-refractivity contribution >= 4 is 6.01 Å². The summed E-state index contributed by atoms with van der Waals surface area (Å²) >= 11 is 0. The van der Waals surface area contributed by atoms with E-state index in [1.165, 1.54) is 64.2 Å². The van der Waals surface area contributed by atoms with E-state index in [0.29, 0.717) is 12.1 Å². The van der Waals surface area contributed by atoms with E-state index in [1.807, 2.05) is 0 Å². The molecule has 0 amide bonds. The highest BCUT2D eigenvalue weighted by Gasteiger charge is 2.29. The molecule has 1 aliphatic heterocycles. The zero-order chi connectivity index (χ0) is 15.9. The second-order valence-electron chi connectivity index (χ2n) is 7.44. The van der Waals surface area contributed by atoms with Crippen LogP contribution in [0.15, 0.2) is 4.99 Å². The molecule has 2 saturated carbocycles. The molecular weight excluding hydrogens is 286 g/mol.